The fraction of sp³-hybridized carbons (Fsp3) is 0.286. The number of halogens is 1. The van der Waals surface area contributed by atoms with Gasteiger partial charge in [0.1, 0.15) is 5.69 Å². The Morgan fingerprint density at radius 1 is 1.42 bits per heavy atom. The third-order valence-electron chi connectivity index (χ3n) is 2.81. The smallest absolute Gasteiger partial charge is 0.268 e. The largest absolute Gasteiger partial charge is 0.347 e. The number of carbonyl (C=O) groups excluding carboxylic acids is 1. The van der Waals surface area contributed by atoms with E-state index >= 15 is 0 Å². The van der Waals surface area contributed by atoms with Crippen molar-refractivity contribution in [1.82, 2.24) is 14.9 Å². The Kier molecular flexibility index (Phi) is 4.37. The summed E-state index contributed by atoms with van der Waals surface area (Å²) in [6.45, 7) is 4.60. The number of hydrogen-bond donors (Lipinski definition) is 1. The van der Waals surface area contributed by atoms with Gasteiger partial charge in [-0.1, -0.05) is 0 Å². The molecule has 1 N–H and O–H groups in total. The van der Waals surface area contributed by atoms with E-state index in [9.17, 15) is 4.79 Å². The Hall–Kier alpha value is -1.62. The van der Waals surface area contributed by atoms with Crippen LogP contribution in [-0.2, 0) is 6.54 Å². The quantitative estimate of drug-likeness (QED) is 0.940. The van der Waals surface area contributed by atoms with E-state index < -0.39 is 0 Å². The lowest BCUT2D eigenvalue weighted by Crippen LogP contribution is -2.25. The van der Waals surface area contributed by atoms with Crippen LogP contribution in [0.3, 0.4) is 0 Å². The number of carbonyl (C=O) groups is 1. The Bertz CT molecular complexity index is 563. The molecule has 0 aliphatic carbocycles. The Morgan fingerprint density at radius 3 is 2.74 bits per heavy atom. The molecule has 0 aliphatic heterocycles. The molecule has 0 fully saturated rings. The molecule has 0 aromatic carbocycles. The Balaban J connectivity index is 2.08. The van der Waals surface area contributed by atoms with Crippen molar-refractivity contribution < 1.29 is 4.79 Å². The molecule has 2 rings (SSSR count). The highest BCUT2D eigenvalue weighted by atomic mass is 79.9. The van der Waals surface area contributed by atoms with Gasteiger partial charge in [-0.25, -0.2) is 0 Å². The van der Waals surface area contributed by atoms with E-state index in [1.807, 2.05) is 42.8 Å². The van der Waals surface area contributed by atoms with Crippen LogP contribution >= 0.6 is 15.9 Å². The molecule has 0 aliphatic rings. The number of nitrogens with one attached hydrogen (secondary N) is 1. The van der Waals surface area contributed by atoms with E-state index in [1.165, 1.54) is 0 Å². The molecule has 0 saturated heterocycles. The molecule has 0 radical (unpaired) electrons. The lowest BCUT2D eigenvalue weighted by molar-refractivity contribution is 0.0940. The molecule has 5 heteroatoms. The fourth-order valence-electron chi connectivity index (χ4n) is 1.83. The molecule has 1 amide bonds. The van der Waals surface area contributed by atoms with Crippen LogP contribution in [0.5, 0.6) is 0 Å². The molecule has 0 atom stereocenters. The maximum Gasteiger partial charge on any atom is 0.268 e. The SMILES string of the molecule is CC(C)n1cc(Br)cc1C(=O)NCc1ccncc1. The van der Waals surface area contributed by atoms with Crippen molar-refractivity contribution in [2.45, 2.75) is 26.4 Å². The van der Waals surface area contributed by atoms with Crippen molar-refractivity contribution in [2.75, 3.05) is 0 Å². The summed E-state index contributed by atoms with van der Waals surface area (Å²) in [6, 6.07) is 5.85. The summed E-state index contributed by atoms with van der Waals surface area (Å²) in [5.74, 6) is -0.0730. The van der Waals surface area contributed by atoms with Crippen molar-refractivity contribution in [3.8, 4) is 0 Å². The molecule has 0 spiro atoms. The highest BCUT2D eigenvalue weighted by Gasteiger charge is 2.14. The average Bonchev–Trinajstić information content (AvgIpc) is 2.79. The minimum Gasteiger partial charge on any atom is -0.347 e. The summed E-state index contributed by atoms with van der Waals surface area (Å²) in [5, 5.41) is 2.92. The predicted molar refractivity (Wildman–Crippen MR) is 77.9 cm³/mol. The van der Waals surface area contributed by atoms with Crippen molar-refractivity contribution >= 4 is 21.8 Å². The van der Waals surface area contributed by atoms with Crippen LogP contribution in [0.25, 0.3) is 0 Å². The van der Waals surface area contributed by atoms with E-state index in [2.05, 4.69) is 26.2 Å². The third kappa shape index (κ3) is 3.44. The number of aromatic nitrogens is 2. The molecule has 2 aromatic rings. The molecule has 19 heavy (non-hydrogen) atoms. The van der Waals surface area contributed by atoms with Crippen LogP contribution in [0.4, 0.5) is 0 Å². The number of rotatable bonds is 4. The first-order valence-corrected chi connectivity index (χ1v) is 6.91. The summed E-state index contributed by atoms with van der Waals surface area (Å²) >= 11 is 3.41. The second-order valence-electron chi connectivity index (χ2n) is 4.58. The van der Waals surface area contributed by atoms with Gasteiger partial charge in [-0.2, -0.15) is 0 Å². The van der Waals surface area contributed by atoms with Gasteiger partial charge in [0, 0.05) is 35.6 Å². The zero-order valence-corrected chi connectivity index (χ0v) is 12.5. The third-order valence-corrected chi connectivity index (χ3v) is 3.24. The van der Waals surface area contributed by atoms with Gasteiger partial charge in [-0.05, 0) is 53.5 Å². The van der Waals surface area contributed by atoms with Gasteiger partial charge in [0.2, 0.25) is 0 Å². The van der Waals surface area contributed by atoms with Gasteiger partial charge >= 0.3 is 0 Å². The average molecular weight is 322 g/mol. The normalized spacial score (nSPS) is 10.7. The van der Waals surface area contributed by atoms with Gasteiger partial charge in [0.25, 0.3) is 5.91 Å². The molecular weight excluding hydrogens is 306 g/mol. The summed E-state index contributed by atoms with van der Waals surface area (Å²) in [5.41, 5.74) is 1.70. The molecule has 0 unspecified atom stereocenters. The summed E-state index contributed by atoms with van der Waals surface area (Å²) < 4.78 is 2.86. The maximum atomic E-state index is 12.2. The van der Waals surface area contributed by atoms with Crippen molar-refractivity contribution in [1.29, 1.82) is 0 Å². The molecule has 0 saturated carbocycles. The van der Waals surface area contributed by atoms with Crippen molar-refractivity contribution in [3.05, 3.63) is 52.5 Å². The summed E-state index contributed by atoms with van der Waals surface area (Å²) in [6.07, 6.45) is 5.36. The van der Waals surface area contributed by atoms with Crippen LogP contribution in [0.15, 0.2) is 41.3 Å². The lowest BCUT2D eigenvalue weighted by Gasteiger charge is -2.12. The lowest BCUT2D eigenvalue weighted by atomic mass is 10.2. The van der Waals surface area contributed by atoms with E-state index in [0.717, 1.165) is 10.0 Å². The Morgan fingerprint density at radius 2 is 2.11 bits per heavy atom. The number of pyridine rings is 1. The van der Waals surface area contributed by atoms with Gasteiger partial charge < -0.3 is 9.88 Å². The fourth-order valence-corrected chi connectivity index (χ4v) is 2.27. The monoisotopic (exact) mass is 321 g/mol. The van der Waals surface area contributed by atoms with E-state index in [-0.39, 0.29) is 11.9 Å². The standard InChI is InChI=1S/C14H16BrN3O/c1-10(2)18-9-12(15)7-13(18)14(19)17-8-11-3-5-16-6-4-11/h3-7,9-10H,8H2,1-2H3,(H,17,19). The summed E-state index contributed by atoms with van der Waals surface area (Å²) in [7, 11) is 0. The first-order valence-electron chi connectivity index (χ1n) is 6.12. The first kappa shape index (κ1) is 13.8. The Labute approximate surface area is 121 Å². The van der Waals surface area contributed by atoms with Crippen LogP contribution < -0.4 is 5.32 Å². The van der Waals surface area contributed by atoms with E-state index in [0.29, 0.717) is 12.2 Å². The van der Waals surface area contributed by atoms with Gasteiger partial charge in [-0.3, -0.25) is 9.78 Å². The number of hydrogen-bond acceptors (Lipinski definition) is 2. The molecule has 0 bridgehead atoms. The molecule has 2 heterocycles. The van der Waals surface area contributed by atoms with Crippen LogP contribution in [0.2, 0.25) is 0 Å². The van der Waals surface area contributed by atoms with Crippen LogP contribution in [0.1, 0.15) is 35.9 Å². The molecule has 2 aromatic heterocycles. The zero-order chi connectivity index (χ0) is 13.8. The second kappa shape index (κ2) is 6.02. The van der Waals surface area contributed by atoms with Crippen LogP contribution in [0, 0.1) is 0 Å². The van der Waals surface area contributed by atoms with Crippen molar-refractivity contribution in [3.63, 3.8) is 0 Å². The highest BCUT2D eigenvalue weighted by Crippen LogP contribution is 2.19. The van der Waals surface area contributed by atoms with Gasteiger partial charge in [0.05, 0.1) is 0 Å². The minimum absolute atomic E-state index is 0.0730. The summed E-state index contributed by atoms with van der Waals surface area (Å²) in [4.78, 5) is 16.1. The highest BCUT2D eigenvalue weighted by molar-refractivity contribution is 9.10. The number of nitrogens with zero attached hydrogens (tertiary/aromatic N) is 2. The van der Waals surface area contributed by atoms with Gasteiger partial charge in [-0.15, -0.1) is 0 Å². The molecular formula is C14H16BrN3O. The number of amides is 1. The zero-order valence-electron chi connectivity index (χ0n) is 10.9. The van der Waals surface area contributed by atoms with E-state index in [4.69, 9.17) is 0 Å². The topological polar surface area (TPSA) is 46.9 Å². The molecule has 100 valence electrons. The maximum absolute atomic E-state index is 12.2. The van der Waals surface area contributed by atoms with Gasteiger partial charge in [0.15, 0.2) is 0 Å². The first-order chi connectivity index (χ1) is 9.08. The van der Waals surface area contributed by atoms with Crippen LogP contribution in [-0.4, -0.2) is 15.5 Å². The molecule has 4 nitrogen and oxygen atoms in total. The second-order valence-corrected chi connectivity index (χ2v) is 5.50. The van der Waals surface area contributed by atoms with E-state index in [1.54, 1.807) is 12.4 Å². The van der Waals surface area contributed by atoms with Crippen molar-refractivity contribution in [2.24, 2.45) is 0 Å². The minimum atomic E-state index is -0.0730. The predicted octanol–water partition coefficient (Wildman–Crippen LogP) is 3.16.